The maximum atomic E-state index is 10.3. The Morgan fingerprint density at radius 3 is 2.50 bits per heavy atom. The lowest BCUT2D eigenvalue weighted by molar-refractivity contribution is -0.353. The van der Waals surface area contributed by atoms with Crippen molar-refractivity contribution in [2.24, 2.45) is 5.73 Å². The Kier molecular flexibility index (Phi) is 3.03. The van der Waals surface area contributed by atoms with Crippen LogP contribution in [-0.2, 0) is 4.74 Å². The molecule has 3 heteroatoms. The van der Waals surface area contributed by atoms with Gasteiger partial charge in [0, 0.05) is 12.0 Å². The number of rotatable bonds is 2. The third kappa shape index (κ3) is 3.49. The Hall–Kier alpha value is -0.700. The van der Waals surface area contributed by atoms with Crippen molar-refractivity contribution in [1.29, 1.82) is 0 Å². The van der Waals surface area contributed by atoms with Crippen LogP contribution in [0.5, 0.6) is 0 Å². The predicted octanol–water partition coefficient (Wildman–Crippen LogP) is -0.818. The molecule has 2 N–H and O–H groups in total. The third-order valence-corrected chi connectivity index (χ3v) is 0.600. The molecule has 0 amide bonds. The van der Waals surface area contributed by atoms with E-state index in [4.69, 9.17) is 5.73 Å². The molecule has 0 spiro atoms. The molecule has 0 aliphatic rings. The molecule has 0 radical (unpaired) electrons. The fourth-order valence-corrected chi connectivity index (χ4v) is 0.283. The highest BCUT2D eigenvalue weighted by atomic mass is 16.6. The number of hydrogen-bond donors (Lipinski definition) is 1. The van der Waals surface area contributed by atoms with Crippen LogP contribution in [0, 0.1) is 0 Å². The largest absolute Gasteiger partial charge is 0.617 e. The zero-order valence-corrected chi connectivity index (χ0v) is 5.05. The van der Waals surface area contributed by atoms with E-state index < -0.39 is 0 Å². The lowest BCUT2D eigenvalue weighted by atomic mass is 10.4. The lowest BCUT2D eigenvalue weighted by Crippen LogP contribution is -2.16. The van der Waals surface area contributed by atoms with Crippen LogP contribution in [0.3, 0.4) is 0 Å². The molecule has 0 heterocycles. The molecule has 0 aromatic rings. The second-order valence-corrected chi connectivity index (χ2v) is 1.55. The van der Waals surface area contributed by atoms with Crippen LogP contribution < -0.4 is 10.8 Å². The van der Waals surface area contributed by atoms with Gasteiger partial charge in [-0.1, -0.05) is 0 Å². The highest BCUT2D eigenvalue weighted by Crippen LogP contribution is 1.84. The van der Waals surface area contributed by atoms with E-state index in [2.05, 4.69) is 4.74 Å². The van der Waals surface area contributed by atoms with Gasteiger partial charge in [-0.05, 0) is 20.1 Å². The van der Waals surface area contributed by atoms with Crippen molar-refractivity contribution in [1.82, 2.24) is 0 Å². The Morgan fingerprint density at radius 2 is 2.38 bits per heavy atom. The summed E-state index contributed by atoms with van der Waals surface area (Å²) in [7, 11) is 1.32. The molecular weight excluding hydrogens is 106 g/mol. The minimum Gasteiger partial charge on any atom is -0.617 e. The SMILES string of the molecule is CO/C([O-])=C\[C@H](C)N. The van der Waals surface area contributed by atoms with Crippen LogP contribution in [-0.4, -0.2) is 13.2 Å². The van der Waals surface area contributed by atoms with E-state index in [9.17, 15) is 5.11 Å². The summed E-state index contributed by atoms with van der Waals surface area (Å²) in [5.74, 6) is -0.375. The summed E-state index contributed by atoms with van der Waals surface area (Å²) in [6.07, 6.45) is 1.31. The van der Waals surface area contributed by atoms with E-state index in [0.717, 1.165) is 0 Å². The van der Waals surface area contributed by atoms with Gasteiger partial charge in [-0.15, -0.1) is 0 Å². The Balaban J connectivity index is 3.56. The molecule has 0 bridgehead atoms. The number of methoxy groups -OCH3 is 1. The Morgan fingerprint density at radius 1 is 1.88 bits per heavy atom. The Bertz CT molecular complexity index is 88.4. The van der Waals surface area contributed by atoms with Crippen molar-refractivity contribution in [3.8, 4) is 0 Å². The van der Waals surface area contributed by atoms with E-state index in [1.54, 1.807) is 6.92 Å². The van der Waals surface area contributed by atoms with E-state index in [1.807, 2.05) is 0 Å². The van der Waals surface area contributed by atoms with Crippen LogP contribution in [0.4, 0.5) is 0 Å². The molecule has 0 aliphatic carbocycles. The predicted molar refractivity (Wildman–Crippen MR) is 28.7 cm³/mol. The van der Waals surface area contributed by atoms with Gasteiger partial charge < -0.3 is 15.6 Å². The van der Waals surface area contributed by atoms with Gasteiger partial charge in [0.1, 0.15) is 0 Å². The molecule has 0 aromatic carbocycles. The maximum Gasteiger partial charge on any atom is 0.0484 e. The Labute approximate surface area is 48.8 Å². The van der Waals surface area contributed by atoms with Gasteiger partial charge in [0.2, 0.25) is 0 Å². The molecule has 1 atom stereocenters. The summed E-state index contributed by atoms with van der Waals surface area (Å²) >= 11 is 0. The topological polar surface area (TPSA) is 58.3 Å². The molecule has 0 fully saturated rings. The zero-order chi connectivity index (χ0) is 6.57. The molecule has 0 aliphatic heterocycles. The van der Waals surface area contributed by atoms with Crippen LogP contribution in [0.15, 0.2) is 12.0 Å². The first-order chi connectivity index (χ1) is 3.66. The fraction of sp³-hybridized carbons (Fsp3) is 0.600. The van der Waals surface area contributed by atoms with Crippen molar-refractivity contribution >= 4 is 0 Å². The van der Waals surface area contributed by atoms with Gasteiger partial charge in [0.05, 0.1) is 0 Å². The summed E-state index contributed by atoms with van der Waals surface area (Å²) in [6, 6.07) is -0.220. The lowest BCUT2D eigenvalue weighted by Gasteiger charge is -2.08. The van der Waals surface area contributed by atoms with Crippen LogP contribution in [0.2, 0.25) is 0 Å². The fourth-order valence-electron chi connectivity index (χ4n) is 0.283. The summed E-state index contributed by atoms with van der Waals surface area (Å²) < 4.78 is 4.29. The summed E-state index contributed by atoms with van der Waals surface area (Å²) in [6.45, 7) is 1.71. The molecule has 0 rings (SSSR count). The van der Waals surface area contributed by atoms with E-state index in [1.165, 1.54) is 13.2 Å². The number of nitrogens with two attached hydrogens (primary N) is 1. The average Bonchev–Trinajstić information content (AvgIpc) is 1.65. The van der Waals surface area contributed by atoms with E-state index in [-0.39, 0.29) is 12.0 Å². The minimum atomic E-state index is -0.375. The van der Waals surface area contributed by atoms with E-state index in [0.29, 0.717) is 0 Å². The molecule has 48 valence electrons. The smallest absolute Gasteiger partial charge is 0.0484 e. The van der Waals surface area contributed by atoms with Gasteiger partial charge in [-0.2, -0.15) is 0 Å². The molecule has 0 saturated carbocycles. The van der Waals surface area contributed by atoms with Gasteiger partial charge in [0.25, 0.3) is 0 Å². The normalized spacial score (nSPS) is 15.6. The third-order valence-electron chi connectivity index (χ3n) is 0.600. The summed E-state index contributed by atoms with van der Waals surface area (Å²) in [4.78, 5) is 0. The number of hydrogen-bond acceptors (Lipinski definition) is 3. The quantitative estimate of drug-likeness (QED) is 0.479. The van der Waals surface area contributed by atoms with Crippen molar-refractivity contribution in [3.63, 3.8) is 0 Å². The van der Waals surface area contributed by atoms with Crippen molar-refractivity contribution < 1.29 is 9.84 Å². The van der Waals surface area contributed by atoms with Gasteiger partial charge in [-0.3, -0.25) is 0 Å². The molecular formula is C5H10NO2-. The second kappa shape index (κ2) is 3.32. The standard InChI is InChI=1S/C5H11NO2/c1-4(6)3-5(7)8-2/h3-4,7H,6H2,1-2H3/p-1/b5-3-/t4-/m0/s1. The number of ether oxygens (including phenoxy) is 1. The highest BCUT2D eigenvalue weighted by Gasteiger charge is 1.82. The van der Waals surface area contributed by atoms with Crippen LogP contribution >= 0.6 is 0 Å². The molecule has 8 heavy (non-hydrogen) atoms. The second-order valence-electron chi connectivity index (χ2n) is 1.55. The molecule has 3 nitrogen and oxygen atoms in total. The molecule has 0 unspecified atom stereocenters. The van der Waals surface area contributed by atoms with E-state index >= 15 is 0 Å². The van der Waals surface area contributed by atoms with Crippen molar-refractivity contribution in [2.45, 2.75) is 13.0 Å². The van der Waals surface area contributed by atoms with Gasteiger partial charge in [0.15, 0.2) is 0 Å². The first-order valence-electron chi connectivity index (χ1n) is 2.35. The average molecular weight is 116 g/mol. The van der Waals surface area contributed by atoms with Crippen LogP contribution in [0.25, 0.3) is 0 Å². The first-order valence-corrected chi connectivity index (χ1v) is 2.35. The molecule has 0 aromatic heterocycles. The van der Waals surface area contributed by atoms with Gasteiger partial charge in [-0.25, -0.2) is 0 Å². The summed E-state index contributed by atoms with van der Waals surface area (Å²) in [5, 5.41) is 10.3. The minimum absolute atomic E-state index is 0.220. The first kappa shape index (κ1) is 7.30. The highest BCUT2D eigenvalue weighted by molar-refractivity contribution is 4.87. The summed E-state index contributed by atoms with van der Waals surface area (Å²) in [5.41, 5.74) is 5.21. The monoisotopic (exact) mass is 116 g/mol. The zero-order valence-electron chi connectivity index (χ0n) is 5.05. The maximum absolute atomic E-state index is 10.3. The molecule has 0 saturated heterocycles. The van der Waals surface area contributed by atoms with Crippen molar-refractivity contribution in [2.75, 3.05) is 7.11 Å². The van der Waals surface area contributed by atoms with Crippen LogP contribution in [0.1, 0.15) is 6.92 Å². The van der Waals surface area contributed by atoms with Crippen molar-refractivity contribution in [3.05, 3.63) is 12.0 Å². The van der Waals surface area contributed by atoms with Gasteiger partial charge >= 0.3 is 0 Å².